The molecule has 2 aliphatic rings. The highest BCUT2D eigenvalue weighted by Gasteiger charge is 2.35. The third kappa shape index (κ3) is 3.14. The molecule has 2 fully saturated rings. The highest BCUT2D eigenvalue weighted by Crippen LogP contribution is 2.29. The molecule has 0 spiro atoms. The van der Waals surface area contributed by atoms with Crippen LogP contribution in [-0.2, 0) is 10.2 Å². The summed E-state index contributed by atoms with van der Waals surface area (Å²) in [6, 6.07) is 1.99. The summed E-state index contributed by atoms with van der Waals surface area (Å²) in [7, 11) is -3.27. The van der Waals surface area contributed by atoms with E-state index < -0.39 is 10.2 Å². The summed E-state index contributed by atoms with van der Waals surface area (Å²) in [4.78, 5) is 0. The third-order valence-corrected chi connectivity index (χ3v) is 6.69. The van der Waals surface area contributed by atoms with Crippen molar-refractivity contribution in [1.29, 1.82) is 0 Å². The van der Waals surface area contributed by atoms with Gasteiger partial charge in [-0.1, -0.05) is 6.92 Å². The van der Waals surface area contributed by atoms with Gasteiger partial charge in [0.25, 0.3) is 10.2 Å². The Bertz CT molecular complexity index is 550. The summed E-state index contributed by atoms with van der Waals surface area (Å²) in [6.07, 6.45) is 5.60. The second-order valence-electron chi connectivity index (χ2n) is 6.30. The second-order valence-corrected chi connectivity index (χ2v) is 8.23. The zero-order valence-corrected chi connectivity index (χ0v) is 13.3. The zero-order chi connectivity index (χ0) is 14.9. The predicted molar refractivity (Wildman–Crippen MR) is 81.0 cm³/mol. The molecule has 6 nitrogen and oxygen atoms in total. The molecule has 118 valence electrons. The van der Waals surface area contributed by atoms with Gasteiger partial charge >= 0.3 is 0 Å². The first-order valence-electron chi connectivity index (χ1n) is 7.82. The number of piperidine rings is 2. The number of aromatic amines is 1. The molecule has 3 heterocycles. The van der Waals surface area contributed by atoms with E-state index in [1.165, 1.54) is 0 Å². The van der Waals surface area contributed by atoms with Crippen molar-refractivity contribution in [2.45, 2.75) is 38.5 Å². The molecule has 1 atom stereocenters. The number of rotatable bonds is 3. The van der Waals surface area contributed by atoms with Crippen molar-refractivity contribution in [2.24, 2.45) is 5.92 Å². The van der Waals surface area contributed by atoms with Gasteiger partial charge in [0.15, 0.2) is 0 Å². The van der Waals surface area contributed by atoms with E-state index in [9.17, 15) is 8.42 Å². The Balaban J connectivity index is 1.63. The molecule has 2 saturated heterocycles. The van der Waals surface area contributed by atoms with Crippen LogP contribution in [0, 0.1) is 5.92 Å². The average Bonchev–Trinajstić information content (AvgIpc) is 3.02. The number of H-pyrrole nitrogens is 1. The van der Waals surface area contributed by atoms with Gasteiger partial charge in [-0.15, -0.1) is 0 Å². The molecular weight excluding hydrogens is 288 g/mol. The van der Waals surface area contributed by atoms with Gasteiger partial charge in [0.2, 0.25) is 0 Å². The largest absolute Gasteiger partial charge is 0.282 e. The number of nitrogens with one attached hydrogen (secondary N) is 1. The van der Waals surface area contributed by atoms with Gasteiger partial charge in [-0.3, -0.25) is 5.10 Å². The second kappa shape index (κ2) is 6.06. The Kier molecular flexibility index (Phi) is 4.33. The van der Waals surface area contributed by atoms with Gasteiger partial charge in [0, 0.05) is 44.0 Å². The maximum Gasteiger partial charge on any atom is 0.281 e. The van der Waals surface area contributed by atoms with Crippen LogP contribution in [0.4, 0.5) is 0 Å². The van der Waals surface area contributed by atoms with E-state index in [0.717, 1.165) is 31.4 Å². The van der Waals surface area contributed by atoms with Crippen molar-refractivity contribution in [1.82, 2.24) is 18.8 Å². The van der Waals surface area contributed by atoms with Gasteiger partial charge < -0.3 is 0 Å². The molecule has 0 saturated carbocycles. The molecule has 1 N–H and O–H groups in total. The first-order chi connectivity index (χ1) is 10.1. The van der Waals surface area contributed by atoms with Crippen LogP contribution in [0.3, 0.4) is 0 Å². The van der Waals surface area contributed by atoms with Crippen molar-refractivity contribution >= 4 is 10.2 Å². The average molecular weight is 312 g/mol. The normalized spacial score (nSPS) is 27.0. The van der Waals surface area contributed by atoms with Gasteiger partial charge in [0.1, 0.15) is 0 Å². The van der Waals surface area contributed by atoms with Crippen LogP contribution in [0.1, 0.15) is 44.2 Å². The first-order valence-corrected chi connectivity index (χ1v) is 9.21. The molecule has 7 heteroatoms. The Hall–Kier alpha value is -0.920. The van der Waals surface area contributed by atoms with Crippen molar-refractivity contribution in [3.63, 3.8) is 0 Å². The molecule has 2 aliphatic heterocycles. The van der Waals surface area contributed by atoms with E-state index >= 15 is 0 Å². The fourth-order valence-electron chi connectivity index (χ4n) is 3.41. The Labute approximate surface area is 126 Å². The fourth-order valence-corrected chi connectivity index (χ4v) is 5.21. The zero-order valence-electron chi connectivity index (χ0n) is 12.5. The van der Waals surface area contributed by atoms with E-state index in [1.54, 1.807) is 14.8 Å². The summed E-state index contributed by atoms with van der Waals surface area (Å²) < 4.78 is 28.8. The van der Waals surface area contributed by atoms with E-state index in [2.05, 4.69) is 17.1 Å². The quantitative estimate of drug-likeness (QED) is 0.921. The van der Waals surface area contributed by atoms with Crippen LogP contribution in [0.15, 0.2) is 12.3 Å². The Morgan fingerprint density at radius 3 is 2.57 bits per heavy atom. The highest BCUT2D eigenvalue weighted by molar-refractivity contribution is 7.86. The van der Waals surface area contributed by atoms with Gasteiger partial charge in [-0.05, 0) is 37.7 Å². The van der Waals surface area contributed by atoms with E-state index in [-0.39, 0.29) is 0 Å². The van der Waals surface area contributed by atoms with Gasteiger partial charge in [-0.2, -0.15) is 22.1 Å². The fraction of sp³-hybridized carbons (Fsp3) is 0.786. The van der Waals surface area contributed by atoms with E-state index in [4.69, 9.17) is 0 Å². The van der Waals surface area contributed by atoms with Crippen LogP contribution in [-0.4, -0.2) is 53.4 Å². The lowest BCUT2D eigenvalue weighted by atomic mass is 9.95. The lowest BCUT2D eigenvalue weighted by molar-refractivity contribution is 0.241. The standard InChI is InChI=1S/C14H24N4O2S/c1-12-3-2-8-18(11-12)21(19,20)17-9-5-13(6-10-17)14-4-7-15-16-14/h4,7,12-13H,2-3,5-6,8-11H2,1H3,(H,15,16)/t12-/m0/s1. The number of hydrogen-bond acceptors (Lipinski definition) is 3. The molecule has 21 heavy (non-hydrogen) atoms. The molecule has 1 aromatic heterocycles. The summed E-state index contributed by atoms with van der Waals surface area (Å²) >= 11 is 0. The van der Waals surface area contributed by atoms with Gasteiger partial charge in [-0.25, -0.2) is 0 Å². The van der Waals surface area contributed by atoms with Crippen molar-refractivity contribution in [3.8, 4) is 0 Å². The molecule has 0 amide bonds. The van der Waals surface area contributed by atoms with E-state index in [1.807, 2.05) is 6.07 Å². The van der Waals surface area contributed by atoms with E-state index in [0.29, 0.717) is 38.0 Å². The van der Waals surface area contributed by atoms with Crippen LogP contribution < -0.4 is 0 Å². The van der Waals surface area contributed by atoms with Crippen molar-refractivity contribution in [3.05, 3.63) is 18.0 Å². The minimum Gasteiger partial charge on any atom is -0.282 e. The minimum atomic E-state index is -3.27. The third-order valence-electron chi connectivity index (χ3n) is 4.69. The molecular formula is C14H24N4O2S. The number of nitrogens with zero attached hydrogens (tertiary/aromatic N) is 3. The molecule has 3 rings (SSSR count). The van der Waals surface area contributed by atoms with Crippen LogP contribution in [0.25, 0.3) is 0 Å². The molecule has 0 bridgehead atoms. The SMILES string of the molecule is C[C@H]1CCCN(S(=O)(=O)N2CCC(c3ccn[nH]3)CC2)C1. The predicted octanol–water partition coefficient (Wildman–Crippen LogP) is 1.57. The van der Waals surface area contributed by atoms with Crippen LogP contribution in [0.2, 0.25) is 0 Å². The summed E-state index contributed by atoms with van der Waals surface area (Å²) in [5.41, 5.74) is 1.12. The summed E-state index contributed by atoms with van der Waals surface area (Å²) in [5, 5.41) is 6.98. The molecule has 0 aromatic carbocycles. The topological polar surface area (TPSA) is 69.3 Å². The smallest absolute Gasteiger partial charge is 0.281 e. The van der Waals surface area contributed by atoms with Gasteiger partial charge in [0.05, 0.1) is 0 Å². The Morgan fingerprint density at radius 2 is 1.95 bits per heavy atom. The highest BCUT2D eigenvalue weighted by atomic mass is 32.2. The summed E-state index contributed by atoms with van der Waals surface area (Å²) in [6.45, 7) is 4.69. The first kappa shape index (κ1) is 15.0. The number of aromatic nitrogens is 2. The molecule has 0 unspecified atom stereocenters. The lowest BCUT2D eigenvalue weighted by Gasteiger charge is -2.37. The Morgan fingerprint density at radius 1 is 1.19 bits per heavy atom. The van der Waals surface area contributed by atoms with Crippen molar-refractivity contribution in [2.75, 3.05) is 26.2 Å². The number of hydrogen-bond donors (Lipinski definition) is 1. The minimum absolute atomic E-state index is 0.402. The van der Waals surface area contributed by atoms with Crippen LogP contribution >= 0.6 is 0 Å². The molecule has 0 aliphatic carbocycles. The lowest BCUT2D eigenvalue weighted by Crippen LogP contribution is -2.49. The maximum atomic E-state index is 12.7. The van der Waals surface area contributed by atoms with Crippen LogP contribution in [0.5, 0.6) is 0 Å². The van der Waals surface area contributed by atoms with Crippen molar-refractivity contribution < 1.29 is 8.42 Å². The molecule has 1 aromatic rings. The maximum absolute atomic E-state index is 12.7. The summed E-state index contributed by atoms with van der Waals surface area (Å²) in [5.74, 6) is 0.871. The molecule has 0 radical (unpaired) electrons. The monoisotopic (exact) mass is 312 g/mol.